The van der Waals surface area contributed by atoms with Crippen LogP contribution in [0.4, 0.5) is 0 Å². The lowest BCUT2D eigenvalue weighted by Gasteiger charge is -2.37. The van der Waals surface area contributed by atoms with E-state index in [9.17, 15) is 9.59 Å². The van der Waals surface area contributed by atoms with Crippen LogP contribution in [-0.2, 0) is 20.7 Å². The maximum Gasteiger partial charge on any atom is 0.312 e. The molecule has 1 aliphatic heterocycles. The number of aromatic nitrogens is 1. The third-order valence-electron chi connectivity index (χ3n) is 6.32. The van der Waals surface area contributed by atoms with Gasteiger partial charge < -0.3 is 15.0 Å². The van der Waals surface area contributed by atoms with E-state index in [4.69, 9.17) is 4.74 Å². The molecule has 1 amide bonds. The zero-order valence-electron chi connectivity index (χ0n) is 17.4. The monoisotopic (exact) mass is 400 g/mol. The van der Waals surface area contributed by atoms with Gasteiger partial charge in [-0.05, 0) is 30.9 Å². The van der Waals surface area contributed by atoms with Crippen molar-refractivity contribution in [3.05, 3.63) is 36.0 Å². The lowest BCUT2D eigenvalue weighted by Crippen LogP contribution is -2.42. The van der Waals surface area contributed by atoms with Gasteiger partial charge in [-0.1, -0.05) is 44.8 Å². The summed E-state index contributed by atoms with van der Waals surface area (Å²) in [7, 11) is -1.56. The molecule has 152 valence electrons. The molecule has 1 aromatic carbocycles. The van der Waals surface area contributed by atoms with Crippen LogP contribution in [-0.4, -0.2) is 38.1 Å². The smallest absolute Gasteiger partial charge is 0.312 e. The summed E-state index contributed by atoms with van der Waals surface area (Å²) >= 11 is 0. The van der Waals surface area contributed by atoms with Gasteiger partial charge in [0, 0.05) is 35.6 Å². The van der Waals surface area contributed by atoms with Crippen LogP contribution in [0.25, 0.3) is 10.9 Å². The number of H-pyrrole nitrogens is 1. The third kappa shape index (κ3) is 4.02. The number of aromatic amines is 1. The quantitative estimate of drug-likeness (QED) is 0.513. The Balaban J connectivity index is 1.55. The number of rotatable bonds is 8. The van der Waals surface area contributed by atoms with E-state index in [2.05, 4.69) is 49.0 Å². The Kier molecular flexibility index (Phi) is 5.98. The van der Waals surface area contributed by atoms with E-state index in [1.165, 1.54) is 10.9 Å². The Morgan fingerprint density at radius 1 is 1.32 bits per heavy atom. The first-order valence-corrected chi connectivity index (χ1v) is 13.8. The number of cyclic esters (lactones) is 1. The molecule has 0 radical (unpaired) electrons. The average molecular weight is 401 g/mol. The van der Waals surface area contributed by atoms with E-state index in [0.717, 1.165) is 18.4 Å². The first-order valence-electron chi connectivity index (χ1n) is 10.3. The highest BCUT2D eigenvalue weighted by atomic mass is 28.3. The molecule has 2 heterocycles. The number of benzene rings is 1. The predicted molar refractivity (Wildman–Crippen MR) is 115 cm³/mol. The maximum atomic E-state index is 12.6. The summed E-state index contributed by atoms with van der Waals surface area (Å²) in [6.07, 6.45) is 4.49. The Labute approximate surface area is 168 Å². The number of carbonyl (C=O) groups excluding carboxylic acids is 2. The number of para-hydroxylation sites is 1. The van der Waals surface area contributed by atoms with Crippen molar-refractivity contribution in [2.75, 3.05) is 13.2 Å². The first kappa shape index (κ1) is 20.6. The van der Waals surface area contributed by atoms with Gasteiger partial charge in [-0.15, -0.1) is 0 Å². The maximum absolute atomic E-state index is 12.6. The molecule has 1 fully saturated rings. The molecule has 28 heavy (non-hydrogen) atoms. The Hall–Kier alpha value is -2.08. The van der Waals surface area contributed by atoms with Crippen molar-refractivity contribution < 1.29 is 14.3 Å². The Morgan fingerprint density at radius 3 is 2.79 bits per heavy atom. The second-order valence-electron chi connectivity index (χ2n) is 8.99. The van der Waals surface area contributed by atoms with Crippen molar-refractivity contribution >= 4 is 30.9 Å². The van der Waals surface area contributed by atoms with Crippen LogP contribution < -0.4 is 5.32 Å². The molecule has 0 aliphatic carbocycles. The van der Waals surface area contributed by atoms with Crippen LogP contribution in [0.2, 0.25) is 25.2 Å². The van der Waals surface area contributed by atoms with Gasteiger partial charge in [-0.3, -0.25) is 9.59 Å². The fourth-order valence-corrected chi connectivity index (χ4v) is 7.33. The second kappa shape index (κ2) is 8.11. The number of ether oxygens (including phenoxy) is 1. The Morgan fingerprint density at radius 2 is 2.07 bits per heavy atom. The zero-order chi connectivity index (χ0) is 20.4. The fourth-order valence-electron chi connectivity index (χ4n) is 4.63. The number of fused-ring (bicyclic) bond motifs is 1. The topological polar surface area (TPSA) is 71.2 Å². The average Bonchev–Trinajstić information content (AvgIpc) is 3.21. The van der Waals surface area contributed by atoms with Crippen molar-refractivity contribution in [1.82, 2.24) is 10.3 Å². The van der Waals surface area contributed by atoms with E-state index in [1.807, 2.05) is 18.3 Å². The molecule has 6 heteroatoms. The van der Waals surface area contributed by atoms with E-state index in [1.54, 1.807) is 0 Å². The van der Waals surface area contributed by atoms with Crippen LogP contribution in [0.15, 0.2) is 30.5 Å². The number of hydrogen-bond acceptors (Lipinski definition) is 3. The molecular formula is C22H32N2O3Si. The fraction of sp³-hybridized carbons (Fsp3) is 0.545. The van der Waals surface area contributed by atoms with Crippen molar-refractivity contribution in [1.29, 1.82) is 0 Å². The summed E-state index contributed by atoms with van der Waals surface area (Å²) in [5.41, 5.74) is 2.11. The molecule has 2 aromatic rings. The summed E-state index contributed by atoms with van der Waals surface area (Å²) in [4.78, 5) is 28.3. The van der Waals surface area contributed by atoms with Crippen molar-refractivity contribution in [3.63, 3.8) is 0 Å². The van der Waals surface area contributed by atoms with Crippen LogP contribution in [0.5, 0.6) is 0 Å². The zero-order valence-corrected chi connectivity index (χ0v) is 18.4. The molecule has 0 saturated carbocycles. The van der Waals surface area contributed by atoms with Gasteiger partial charge in [0.15, 0.2) is 0 Å². The highest BCUT2D eigenvalue weighted by Gasteiger charge is 2.55. The van der Waals surface area contributed by atoms with Crippen molar-refractivity contribution in [2.24, 2.45) is 5.41 Å². The number of carbonyl (C=O) groups is 2. The van der Waals surface area contributed by atoms with Gasteiger partial charge in [-0.25, -0.2) is 0 Å². The molecule has 0 bridgehead atoms. The summed E-state index contributed by atoms with van der Waals surface area (Å²) in [6, 6.07) is 8.18. The molecule has 3 rings (SSSR count). The van der Waals surface area contributed by atoms with Gasteiger partial charge in [-0.2, -0.15) is 0 Å². The van der Waals surface area contributed by atoms with E-state index in [-0.39, 0.29) is 17.4 Å². The van der Waals surface area contributed by atoms with E-state index >= 15 is 0 Å². The largest absolute Gasteiger partial charge is 0.465 e. The van der Waals surface area contributed by atoms with E-state index in [0.29, 0.717) is 26.0 Å². The SMILES string of the molecule is CC[C@@]1(CCC(=O)NCCc2c[nH]c3ccccc23)C(=O)OCC1[Si](C)(C)C. The minimum atomic E-state index is -1.56. The van der Waals surface area contributed by atoms with Crippen LogP contribution in [0, 0.1) is 5.41 Å². The molecule has 5 nitrogen and oxygen atoms in total. The molecular weight excluding hydrogens is 368 g/mol. The highest BCUT2D eigenvalue weighted by Crippen LogP contribution is 2.51. The van der Waals surface area contributed by atoms with E-state index < -0.39 is 13.5 Å². The normalized spacial score (nSPS) is 22.4. The molecule has 0 spiro atoms. The standard InChI is InChI=1S/C22H32N2O3Si/c1-5-22(19(28(2,3)4)15-27-21(22)26)12-10-20(25)23-13-11-16-14-24-18-9-7-6-8-17(16)18/h6-9,14,19,24H,5,10-13,15H2,1-4H3,(H,23,25)/t19?,22-/m0/s1. The van der Waals surface area contributed by atoms with Crippen LogP contribution >= 0.6 is 0 Å². The van der Waals surface area contributed by atoms with Gasteiger partial charge in [0.2, 0.25) is 5.91 Å². The number of amides is 1. The molecule has 1 saturated heterocycles. The summed E-state index contributed by atoms with van der Waals surface area (Å²) in [6.45, 7) is 10.0. The lowest BCUT2D eigenvalue weighted by molar-refractivity contribution is -0.147. The molecule has 1 aromatic heterocycles. The summed E-state index contributed by atoms with van der Waals surface area (Å²) < 4.78 is 5.46. The van der Waals surface area contributed by atoms with Gasteiger partial charge in [0.1, 0.15) is 0 Å². The van der Waals surface area contributed by atoms with Crippen LogP contribution in [0.1, 0.15) is 31.7 Å². The van der Waals surface area contributed by atoms with Gasteiger partial charge >= 0.3 is 5.97 Å². The van der Waals surface area contributed by atoms with Gasteiger partial charge in [0.25, 0.3) is 0 Å². The minimum absolute atomic E-state index is 0.0155. The third-order valence-corrected chi connectivity index (χ3v) is 9.13. The summed E-state index contributed by atoms with van der Waals surface area (Å²) in [5.74, 6) is -0.0873. The van der Waals surface area contributed by atoms with Crippen LogP contribution in [0.3, 0.4) is 0 Å². The number of esters is 1. The molecule has 2 atom stereocenters. The highest BCUT2D eigenvalue weighted by molar-refractivity contribution is 6.78. The molecule has 1 unspecified atom stereocenters. The minimum Gasteiger partial charge on any atom is -0.465 e. The number of hydrogen-bond donors (Lipinski definition) is 2. The van der Waals surface area contributed by atoms with Crippen molar-refractivity contribution in [3.8, 4) is 0 Å². The first-order chi connectivity index (χ1) is 13.3. The molecule has 1 aliphatic rings. The molecule has 2 N–H and O–H groups in total. The van der Waals surface area contributed by atoms with Crippen molar-refractivity contribution in [2.45, 2.75) is 57.8 Å². The van der Waals surface area contributed by atoms with Gasteiger partial charge in [0.05, 0.1) is 20.1 Å². The predicted octanol–water partition coefficient (Wildman–Crippen LogP) is 4.27. The second-order valence-corrected chi connectivity index (χ2v) is 14.4. The lowest BCUT2D eigenvalue weighted by atomic mass is 9.78. The summed E-state index contributed by atoms with van der Waals surface area (Å²) in [5, 5.41) is 4.23. The Bertz CT molecular complexity index is 855. The number of nitrogens with one attached hydrogen (secondary N) is 2.